The lowest BCUT2D eigenvalue weighted by molar-refractivity contribution is 1.01. The highest BCUT2D eigenvalue weighted by molar-refractivity contribution is 6.29. The monoisotopic (exact) mass is 1840 g/mol. The van der Waals surface area contributed by atoms with Gasteiger partial charge in [-0.1, -0.05) is 358 Å². The molecule has 680 valence electrons. The van der Waals surface area contributed by atoms with E-state index < -0.39 is 0 Å². The van der Waals surface area contributed by atoms with Crippen molar-refractivity contribution in [3.63, 3.8) is 0 Å². The quantitative estimate of drug-likeness (QED) is 0.131. The van der Waals surface area contributed by atoms with Gasteiger partial charge in [-0.2, -0.15) is 0 Å². The number of para-hydroxylation sites is 9. The molecule has 0 unspecified atom stereocenters. The summed E-state index contributed by atoms with van der Waals surface area (Å²) in [4.78, 5) is 0. The summed E-state index contributed by atoms with van der Waals surface area (Å²) in [6, 6.07) is 184. The summed E-state index contributed by atoms with van der Waals surface area (Å²) in [5.41, 5.74) is 39.3. The lowest BCUT2D eigenvalue weighted by atomic mass is 9.98. The van der Waals surface area contributed by atoms with Crippen LogP contribution in [0, 0.1) is 0 Å². The molecule has 8 aromatic heterocycles. The molecule has 0 saturated carbocycles. The van der Waals surface area contributed by atoms with Gasteiger partial charge in [0.15, 0.2) is 0 Å². The van der Waals surface area contributed by atoms with Gasteiger partial charge in [0, 0.05) is 165 Å². The molecule has 8 heteroatoms. The van der Waals surface area contributed by atoms with Crippen LogP contribution < -0.4 is 0 Å². The van der Waals surface area contributed by atoms with Gasteiger partial charge in [0.05, 0.1) is 60.7 Å². The number of hydrogen-bond acceptors (Lipinski definition) is 0. The first-order chi connectivity index (χ1) is 71.1. The van der Waals surface area contributed by atoms with Crippen LogP contribution in [0.15, 0.2) is 510 Å². The Morgan fingerprint density at radius 2 is 0.326 bits per heavy atom. The highest BCUT2D eigenvalue weighted by Gasteiger charge is 2.25. The van der Waals surface area contributed by atoms with Gasteiger partial charge in [0.2, 0.25) is 0 Å². The molecule has 0 radical (unpaired) electrons. The minimum Gasteiger partial charge on any atom is -0.344 e. The number of benzene rings is 22. The smallest absolute Gasteiger partial charge is 0.0562 e. The van der Waals surface area contributed by atoms with E-state index >= 15 is 0 Å². The first-order valence-corrected chi connectivity index (χ1v) is 49.6. The Morgan fingerprint density at radius 3 is 0.715 bits per heavy atom. The summed E-state index contributed by atoms with van der Waals surface area (Å²) in [6.07, 6.45) is 0. The molecule has 0 saturated heterocycles. The van der Waals surface area contributed by atoms with Gasteiger partial charge in [-0.3, -0.25) is 0 Å². The van der Waals surface area contributed by atoms with E-state index in [-0.39, 0.29) is 0 Å². The molecule has 8 nitrogen and oxygen atoms in total. The third kappa shape index (κ3) is 14.0. The molecule has 0 aliphatic heterocycles. The molecule has 0 fully saturated rings. The number of fused-ring (bicyclic) bond motifs is 25. The standard InChI is InChI=1S/3C37H26N2.C25H18N2/c1-38-34-18-10-8-16-30(34)32-23-33-31-17-9-11-19-35(31)39(37(33)24-36(32)38)29-21-27(25-12-4-2-5-13-25)20-28(22-29)26-14-6-3-7-15-26;1-38-34-16-7-5-14-30(34)32-23-33-31-15-6-8-17-35(31)39(37(33)24-36(32)38)29-13-9-12-28(22-29)27-20-18-26(19-21-27)25-10-3-2-4-11-25;1-38-34-13-7-5-11-30(34)32-23-33-31-12-6-8-14-35(31)39(37(33)24-36(32)38)29-21-19-28(20-22-29)27-17-15-26(16-18-27)25-9-3-2-4-10-25;1-26-20-13-7-5-11-18(20)24-22(26)15-16-23-25(24)19-12-6-8-14-21(19)27(23)17-9-3-2-4-10-17/h3*2-24H,1H3;2-16H,1H3. The highest BCUT2D eigenvalue weighted by Crippen LogP contribution is 2.47. The van der Waals surface area contributed by atoms with Gasteiger partial charge in [0.25, 0.3) is 0 Å². The lowest BCUT2D eigenvalue weighted by Crippen LogP contribution is -1.96. The summed E-state index contributed by atoms with van der Waals surface area (Å²) >= 11 is 0. The van der Waals surface area contributed by atoms with Gasteiger partial charge in [-0.25, -0.2) is 0 Å². The van der Waals surface area contributed by atoms with E-state index in [1.807, 2.05) is 0 Å². The maximum absolute atomic E-state index is 2.45. The van der Waals surface area contributed by atoms with E-state index in [4.69, 9.17) is 0 Å². The summed E-state index contributed by atoms with van der Waals surface area (Å²) in [7, 11) is 8.67. The van der Waals surface area contributed by atoms with Gasteiger partial charge in [-0.15, -0.1) is 0 Å². The van der Waals surface area contributed by atoms with Gasteiger partial charge in [0.1, 0.15) is 0 Å². The van der Waals surface area contributed by atoms with Gasteiger partial charge >= 0.3 is 0 Å². The van der Waals surface area contributed by atoms with Crippen LogP contribution in [-0.4, -0.2) is 36.5 Å². The zero-order valence-corrected chi connectivity index (χ0v) is 80.1. The van der Waals surface area contributed by atoms with Gasteiger partial charge in [-0.05, 0) is 218 Å². The number of hydrogen-bond donors (Lipinski definition) is 0. The van der Waals surface area contributed by atoms with Crippen molar-refractivity contribution in [2.45, 2.75) is 0 Å². The van der Waals surface area contributed by atoms with Crippen molar-refractivity contribution in [1.82, 2.24) is 36.5 Å². The molecule has 0 atom stereocenters. The molecule has 30 rings (SSSR count). The Labute approximate surface area is 832 Å². The Kier molecular flexibility index (Phi) is 20.4. The third-order valence-corrected chi connectivity index (χ3v) is 30.1. The Hall–Kier alpha value is -18.8. The van der Waals surface area contributed by atoms with E-state index in [1.54, 1.807) is 0 Å². The maximum Gasteiger partial charge on any atom is 0.0562 e. The number of aromatic nitrogens is 8. The van der Waals surface area contributed by atoms with Crippen molar-refractivity contribution in [2.24, 2.45) is 28.2 Å². The molecular weight excluding hydrogens is 1750 g/mol. The fourth-order valence-corrected chi connectivity index (χ4v) is 23.2. The average molecular weight is 1840 g/mol. The normalized spacial score (nSPS) is 11.8. The molecule has 144 heavy (non-hydrogen) atoms. The largest absolute Gasteiger partial charge is 0.344 e. The second kappa shape index (κ2) is 34.7. The van der Waals surface area contributed by atoms with Crippen LogP contribution in [0.25, 0.3) is 264 Å². The van der Waals surface area contributed by atoms with Gasteiger partial charge < -0.3 is 36.5 Å². The van der Waals surface area contributed by atoms with Crippen LogP contribution in [0.4, 0.5) is 0 Å². The van der Waals surface area contributed by atoms with E-state index in [0.717, 1.165) is 0 Å². The molecule has 0 aliphatic rings. The highest BCUT2D eigenvalue weighted by atomic mass is 15.0. The SMILES string of the molecule is Cn1c2ccccc2c2c3c4ccccc4n(-c4ccccc4)c3ccc21.Cn1c2ccccc2c2cc3c4ccccc4n(-c4cc(-c5ccccc5)cc(-c5ccccc5)c4)c3cc21.Cn1c2ccccc2c2cc3c4ccccc4n(-c4ccc(-c5ccc(-c6ccccc6)cc5)cc4)c3cc21.Cn1c2ccccc2c2cc3c4ccccc4n(-c4cccc(-c5ccc(-c6ccccc6)cc5)c4)c3cc21. The van der Waals surface area contributed by atoms with Crippen LogP contribution in [0.1, 0.15) is 0 Å². The molecule has 8 heterocycles. The minimum absolute atomic E-state index is 1.17. The van der Waals surface area contributed by atoms with Crippen molar-refractivity contribution < 1.29 is 0 Å². The van der Waals surface area contributed by atoms with Crippen LogP contribution in [0.5, 0.6) is 0 Å². The van der Waals surface area contributed by atoms with Crippen LogP contribution in [-0.2, 0) is 28.2 Å². The van der Waals surface area contributed by atoms with E-state index in [9.17, 15) is 0 Å². The predicted molar refractivity (Wildman–Crippen MR) is 612 cm³/mol. The fraction of sp³-hybridized carbons (Fsp3) is 0.0294. The molecule has 0 spiro atoms. The molecule has 0 N–H and O–H groups in total. The minimum atomic E-state index is 1.17. The summed E-state index contributed by atoms with van der Waals surface area (Å²) in [5, 5.41) is 20.8. The fourth-order valence-electron chi connectivity index (χ4n) is 23.2. The third-order valence-electron chi connectivity index (χ3n) is 30.1. The maximum atomic E-state index is 2.45. The Bertz CT molecular complexity index is 10200. The first-order valence-electron chi connectivity index (χ1n) is 49.6. The second-order valence-electron chi connectivity index (χ2n) is 38.0. The zero-order valence-electron chi connectivity index (χ0n) is 80.1. The summed E-state index contributed by atoms with van der Waals surface area (Å²) < 4.78 is 18.9. The summed E-state index contributed by atoms with van der Waals surface area (Å²) in [5.74, 6) is 0. The molecular formula is C136H96N8. The molecule has 0 amide bonds. The first kappa shape index (κ1) is 84.5. The topological polar surface area (TPSA) is 39.4 Å². The van der Waals surface area contributed by atoms with Crippen LogP contribution in [0.2, 0.25) is 0 Å². The lowest BCUT2D eigenvalue weighted by Gasteiger charge is -2.14. The Morgan fingerprint density at radius 1 is 0.104 bits per heavy atom. The zero-order chi connectivity index (χ0) is 95.7. The predicted octanol–water partition coefficient (Wildman–Crippen LogP) is 35.7. The van der Waals surface area contributed by atoms with Crippen molar-refractivity contribution in [1.29, 1.82) is 0 Å². The summed E-state index contributed by atoms with van der Waals surface area (Å²) in [6.45, 7) is 0. The van der Waals surface area contributed by atoms with E-state index in [2.05, 4.69) is 574 Å². The molecule has 0 aliphatic carbocycles. The molecule has 22 aromatic carbocycles. The van der Waals surface area contributed by atoms with Crippen molar-refractivity contribution in [3.05, 3.63) is 510 Å². The van der Waals surface area contributed by atoms with Crippen LogP contribution in [0.3, 0.4) is 0 Å². The molecule has 0 bridgehead atoms. The van der Waals surface area contributed by atoms with E-state index in [1.165, 1.54) is 264 Å². The number of aryl methyl sites for hydroxylation is 4. The average Bonchev–Trinajstić information content (AvgIpc) is 1.57. The van der Waals surface area contributed by atoms with E-state index in [0.29, 0.717) is 0 Å². The number of rotatable bonds is 10. The van der Waals surface area contributed by atoms with Crippen molar-refractivity contribution in [3.8, 4) is 89.5 Å². The number of nitrogens with zero attached hydrogens (tertiary/aromatic N) is 8. The second-order valence-corrected chi connectivity index (χ2v) is 38.0. The van der Waals surface area contributed by atoms with Crippen molar-refractivity contribution >= 4 is 174 Å². The Balaban J connectivity index is 0.0000000964. The molecule has 30 aromatic rings. The van der Waals surface area contributed by atoms with Crippen molar-refractivity contribution in [2.75, 3.05) is 0 Å². The van der Waals surface area contributed by atoms with Crippen LogP contribution >= 0.6 is 0 Å².